The molecule has 0 radical (unpaired) electrons. The van der Waals surface area contributed by atoms with E-state index in [1.807, 2.05) is 6.07 Å². The van der Waals surface area contributed by atoms with Gasteiger partial charge in [-0.1, -0.05) is 57.2 Å². The van der Waals surface area contributed by atoms with E-state index in [2.05, 4.69) is 55.3 Å². The summed E-state index contributed by atoms with van der Waals surface area (Å²) in [4.78, 5) is 53.8. The predicted octanol–water partition coefficient (Wildman–Crippen LogP) is 4.13. The Morgan fingerprint density at radius 1 is 0.842 bits per heavy atom. The summed E-state index contributed by atoms with van der Waals surface area (Å²) in [6.45, 7) is 10.3. The number of carbonyl (C=O) groups is 4. The van der Waals surface area contributed by atoms with Crippen molar-refractivity contribution in [2.24, 2.45) is 11.3 Å². The Morgan fingerprint density at radius 3 is 2.18 bits per heavy atom. The van der Waals surface area contributed by atoms with E-state index in [9.17, 15) is 19.2 Å². The SMILES string of the molecule is CC(C)(C)C1CCN(Cc2ccc(CCc3cccc4c3C(=O)N(C3CCC(=O)NC3=O)C4=O)cc2)CC1. The molecule has 0 aromatic heterocycles. The zero-order valence-corrected chi connectivity index (χ0v) is 22.6. The molecule has 1 atom stereocenters. The van der Waals surface area contributed by atoms with Crippen LogP contribution in [-0.2, 0) is 29.0 Å². The Balaban J connectivity index is 1.21. The lowest BCUT2D eigenvalue weighted by Gasteiger charge is -2.38. The number of nitrogens with one attached hydrogen (secondary N) is 1. The van der Waals surface area contributed by atoms with E-state index >= 15 is 0 Å². The zero-order chi connectivity index (χ0) is 27.0. The molecule has 3 heterocycles. The second-order valence-electron chi connectivity index (χ2n) is 12.0. The molecule has 0 bridgehead atoms. The Morgan fingerprint density at radius 2 is 1.53 bits per heavy atom. The van der Waals surface area contributed by atoms with Gasteiger partial charge in [-0.25, -0.2) is 0 Å². The molecule has 2 saturated heterocycles. The van der Waals surface area contributed by atoms with Gasteiger partial charge in [-0.2, -0.15) is 0 Å². The third kappa shape index (κ3) is 5.30. The van der Waals surface area contributed by atoms with Crippen molar-refractivity contribution in [3.8, 4) is 0 Å². The third-order valence-corrected chi connectivity index (χ3v) is 8.48. The summed E-state index contributed by atoms with van der Waals surface area (Å²) >= 11 is 0. The Bertz CT molecular complexity index is 1250. The zero-order valence-electron chi connectivity index (χ0n) is 22.6. The van der Waals surface area contributed by atoms with Crippen LogP contribution in [0.15, 0.2) is 42.5 Å². The number of carbonyl (C=O) groups excluding carboxylic acids is 4. The smallest absolute Gasteiger partial charge is 0.262 e. The van der Waals surface area contributed by atoms with Crippen LogP contribution in [0.2, 0.25) is 0 Å². The number of piperidine rings is 2. The number of rotatable bonds is 6. The summed E-state index contributed by atoms with van der Waals surface area (Å²) in [5.41, 5.74) is 4.40. The van der Waals surface area contributed by atoms with Crippen molar-refractivity contribution < 1.29 is 19.2 Å². The first-order valence-corrected chi connectivity index (χ1v) is 13.8. The number of nitrogens with zero attached hydrogens (tertiary/aromatic N) is 2. The van der Waals surface area contributed by atoms with Gasteiger partial charge in [0.2, 0.25) is 11.8 Å². The monoisotopic (exact) mass is 515 g/mol. The molecule has 0 saturated carbocycles. The summed E-state index contributed by atoms with van der Waals surface area (Å²) in [6.07, 6.45) is 4.14. The summed E-state index contributed by atoms with van der Waals surface area (Å²) in [7, 11) is 0. The number of amides is 4. The van der Waals surface area contributed by atoms with E-state index in [1.54, 1.807) is 12.1 Å². The van der Waals surface area contributed by atoms with Crippen LogP contribution in [0, 0.1) is 11.3 Å². The number of hydrogen-bond donors (Lipinski definition) is 1. The highest BCUT2D eigenvalue weighted by molar-refractivity contribution is 6.24. The summed E-state index contributed by atoms with van der Waals surface area (Å²) in [5.74, 6) is -1.08. The minimum Gasteiger partial charge on any atom is -0.299 e. The van der Waals surface area contributed by atoms with Crippen molar-refractivity contribution in [3.63, 3.8) is 0 Å². The van der Waals surface area contributed by atoms with Crippen LogP contribution >= 0.6 is 0 Å². The molecule has 2 aromatic carbocycles. The molecule has 1 N–H and O–H groups in total. The molecule has 3 aliphatic rings. The van der Waals surface area contributed by atoms with Crippen LogP contribution < -0.4 is 5.32 Å². The molecule has 200 valence electrons. The van der Waals surface area contributed by atoms with Crippen LogP contribution in [0.5, 0.6) is 0 Å². The fourth-order valence-electron chi connectivity index (χ4n) is 6.10. The maximum absolute atomic E-state index is 13.3. The number of likely N-dealkylation sites (tertiary alicyclic amines) is 1. The number of aryl methyl sites for hydroxylation is 2. The van der Waals surface area contributed by atoms with Crippen molar-refractivity contribution in [1.29, 1.82) is 0 Å². The van der Waals surface area contributed by atoms with Gasteiger partial charge in [0.1, 0.15) is 6.04 Å². The van der Waals surface area contributed by atoms with Gasteiger partial charge in [-0.15, -0.1) is 0 Å². The van der Waals surface area contributed by atoms with Crippen molar-refractivity contribution in [2.75, 3.05) is 13.1 Å². The second kappa shape index (κ2) is 10.4. The van der Waals surface area contributed by atoms with Crippen LogP contribution in [0.1, 0.15) is 83.9 Å². The van der Waals surface area contributed by atoms with Gasteiger partial charge in [-0.3, -0.25) is 34.3 Å². The first kappa shape index (κ1) is 26.3. The average Bonchev–Trinajstić information content (AvgIpc) is 3.14. The minimum atomic E-state index is -0.945. The summed E-state index contributed by atoms with van der Waals surface area (Å²) < 4.78 is 0. The molecule has 1 unspecified atom stereocenters. The Kier molecular flexibility index (Phi) is 7.23. The average molecular weight is 516 g/mol. The van der Waals surface area contributed by atoms with E-state index in [0.29, 0.717) is 23.0 Å². The Labute approximate surface area is 224 Å². The lowest BCUT2D eigenvalue weighted by atomic mass is 9.75. The van der Waals surface area contributed by atoms with Crippen LogP contribution in [0.4, 0.5) is 0 Å². The van der Waals surface area contributed by atoms with Crippen molar-refractivity contribution in [3.05, 3.63) is 70.3 Å². The van der Waals surface area contributed by atoms with E-state index in [0.717, 1.165) is 42.4 Å². The summed E-state index contributed by atoms with van der Waals surface area (Å²) in [6, 6.07) is 13.1. The highest BCUT2D eigenvalue weighted by atomic mass is 16.2. The van der Waals surface area contributed by atoms with Gasteiger partial charge in [0.25, 0.3) is 11.8 Å². The molecule has 7 heteroatoms. The predicted molar refractivity (Wildman–Crippen MR) is 144 cm³/mol. The van der Waals surface area contributed by atoms with Crippen molar-refractivity contribution >= 4 is 23.6 Å². The topological polar surface area (TPSA) is 86.8 Å². The van der Waals surface area contributed by atoms with Gasteiger partial charge >= 0.3 is 0 Å². The second-order valence-corrected chi connectivity index (χ2v) is 12.0. The molecule has 7 nitrogen and oxygen atoms in total. The van der Waals surface area contributed by atoms with Crippen LogP contribution in [-0.4, -0.2) is 52.6 Å². The quantitative estimate of drug-likeness (QED) is 0.585. The summed E-state index contributed by atoms with van der Waals surface area (Å²) in [5, 5.41) is 2.25. The first-order valence-electron chi connectivity index (χ1n) is 13.8. The van der Waals surface area contributed by atoms with Gasteiger partial charge < -0.3 is 0 Å². The number of hydrogen-bond acceptors (Lipinski definition) is 5. The van der Waals surface area contributed by atoms with E-state index in [-0.39, 0.29) is 18.7 Å². The third-order valence-electron chi connectivity index (χ3n) is 8.48. The molecule has 4 amide bonds. The minimum absolute atomic E-state index is 0.113. The highest BCUT2D eigenvalue weighted by Crippen LogP contribution is 2.35. The van der Waals surface area contributed by atoms with Crippen molar-refractivity contribution in [2.45, 2.75) is 71.9 Å². The van der Waals surface area contributed by atoms with E-state index in [1.165, 1.54) is 24.0 Å². The molecule has 5 rings (SSSR count). The van der Waals surface area contributed by atoms with Gasteiger partial charge in [0.15, 0.2) is 0 Å². The first-order chi connectivity index (χ1) is 18.1. The fraction of sp³-hybridized carbons (Fsp3) is 0.484. The number of imide groups is 2. The van der Waals surface area contributed by atoms with Crippen molar-refractivity contribution in [1.82, 2.24) is 15.1 Å². The van der Waals surface area contributed by atoms with E-state index in [4.69, 9.17) is 0 Å². The molecule has 2 aromatic rings. The number of benzene rings is 2. The Hall–Kier alpha value is -3.32. The molecule has 0 spiro atoms. The lowest BCUT2D eigenvalue weighted by Crippen LogP contribution is -2.54. The van der Waals surface area contributed by atoms with Crippen LogP contribution in [0.25, 0.3) is 0 Å². The van der Waals surface area contributed by atoms with Crippen LogP contribution in [0.3, 0.4) is 0 Å². The lowest BCUT2D eigenvalue weighted by molar-refractivity contribution is -0.136. The molecule has 3 aliphatic heterocycles. The number of fused-ring (bicyclic) bond motifs is 1. The van der Waals surface area contributed by atoms with Gasteiger partial charge in [-0.05, 0) is 79.3 Å². The molecular formula is C31H37N3O4. The standard InChI is InChI=1S/C31H37N3O4/c1-31(2,3)23-15-17-33(18-16-23)19-21-9-7-20(8-10-21)11-12-22-5-4-6-24-27(22)30(38)34(29(24)37)25-13-14-26(35)32-28(25)36/h4-10,23,25H,11-19H2,1-3H3,(H,32,35,36). The van der Waals surface area contributed by atoms with E-state index < -0.39 is 23.8 Å². The fourth-order valence-corrected chi connectivity index (χ4v) is 6.10. The molecule has 2 fully saturated rings. The van der Waals surface area contributed by atoms with Gasteiger partial charge in [0, 0.05) is 13.0 Å². The normalized spacial score (nSPS) is 21.1. The highest BCUT2D eigenvalue weighted by Gasteiger charge is 2.45. The largest absolute Gasteiger partial charge is 0.299 e. The maximum atomic E-state index is 13.3. The maximum Gasteiger partial charge on any atom is 0.262 e. The molecular weight excluding hydrogens is 478 g/mol. The molecule has 0 aliphatic carbocycles. The molecule has 38 heavy (non-hydrogen) atoms. The van der Waals surface area contributed by atoms with Gasteiger partial charge in [0.05, 0.1) is 11.1 Å².